The zero-order valence-corrected chi connectivity index (χ0v) is 21.9. The zero-order chi connectivity index (χ0) is 25.4. The Kier molecular flexibility index (Phi) is 6.89. The van der Waals surface area contributed by atoms with Crippen LogP contribution in [0.5, 0.6) is 0 Å². The van der Waals surface area contributed by atoms with E-state index < -0.39 is 21.7 Å². The molecule has 192 valence electrons. The van der Waals surface area contributed by atoms with Gasteiger partial charge in [0.2, 0.25) is 10.0 Å². The first kappa shape index (κ1) is 24.9. The third-order valence-electron chi connectivity index (χ3n) is 7.56. The monoisotopic (exact) mass is 510 g/mol. The van der Waals surface area contributed by atoms with Crippen LogP contribution in [0.2, 0.25) is 0 Å². The Balaban J connectivity index is 1.30. The SMILES string of the molecule is Cc1ccc(C)c(N2CCN(CN3C(=O)C(=O)c4cc(S(=O)(=O)N5CCCCCC5)ccc43)CC2)c1. The van der Waals surface area contributed by atoms with Gasteiger partial charge in [0, 0.05) is 45.0 Å². The topological polar surface area (TPSA) is 81.2 Å². The number of piperazine rings is 1. The average Bonchev–Trinajstić information content (AvgIpc) is 3.07. The Morgan fingerprint density at radius 1 is 0.778 bits per heavy atom. The van der Waals surface area contributed by atoms with Crippen molar-refractivity contribution in [3.8, 4) is 0 Å². The molecule has 0 radical (unpaired) electrons. The molecule has 1 amide bonds. The first-order valence-electron chi connectivity index (χ1n) is 12.8. The summed E-state index contributed by atoms with van der Waals surface area (Å²) in [4.78, 5) is 31.9. The largest absolute Gasteiger partial charge is 0.369 e. The number of Topliss-reactive ketones (excluding diaryl/α,β-unsaturated/α-hetero) is 1. The van der Waals surface area contributed by atoms with E-state index in [0.717, 1.165) is 51.9 Å². The van der Waals surface area contributed by atoms with Crippen LogP contribution < -0.4 is 9.80 Å². The third kappa shape index (κ3) is 4.67. The number of hydrogen-bond acceptors (Lipinski definition) is 6. The average molecular weight is 511 g/mol. The number of fused-ring (bicyclic) bond motifs is 1. The second-order valence-electron chi connectivity index (χ2n) is 10.1. The smallest absolute Gasteiger partial charge is 0.300 e. The van der Waals surface area contributed by atoms with Gasteiger partial charge in [-0.2, -0.15) is 4.31 Å². The van der Waals surface area contributed by atoms with E-state index in [-0.39, 0.29) is 10.5 Å². The number of carbonyl (C=O) groups excluding carboxylic acids is 2. The summed E-state index contributed by atoms with van der Waals surface area (Å²) in [5.74, 6) is -1.22. The quantitative estimate of drug-likeness (QED) is 0.575. The van der Waals surface area contributed by atoms with Gasteiger partial charge in [0.25, 0.3) is 5.78 Å². The fraction of sp³-hybridized carbons (Fsp3) is 0.481. The second-order valence-corrected chi connectivity index (χ2v) is 12.0. The number of anilines is 2. The normalized spacial score (nSPS) is 20.1. The molecule has 0 aliphatic carbocycles. The van der Waals surface area contributed by atoms with Gasteiger partial charge in [-0.1, -0.05) is 25.0 Å². The van der Waals surface area contributed by atoms with Gasteiger partial charge in [0.15, 0.2) is 0 Å². The first-order valence-corrected chi connectivity index (χ1v) is 14.2. The number of nitrogens with zero attached hydrogens (tertiary/aromatic N) is 4. The zero-order valence-electron chi connectivity index (χ0n) is 21.1. The Morgan fingerprint density at radius 2 is 1.47 bits per heavy atom. The molecular weight excluding hydrogens is 476 g/mol. The van der Waals surface area contributed by atoms with Crippen LogP contribution in [0.3, 0.4) is 0 Å². The molecule has 5 rings (SSSR count). The number of carbonyl (C=O) groups is 2. The van der Waals surface area contributed by atoms with E-state index in [1.807, 2.05) is 0 Å². The lowest BCUT2D eigenvalue weighted by atomic mass is 10.1. The van der Waals surface area contributed by atoms with Crippen molar-refractivity contribution in [1.29, 1.82) is 0 Å². The highest BCUT2D eigenvalue weighted by Gasteiger charge is 2.38. The van der Waals surface area contributed by atoms with E-state index in [9.17, 15) is 18.0 Å². The molecule has 2 aromatic carbocycles. The van der Waals surface area contributed by atoms with E-state index in [2.05, 4.69) is 41.8 Å². The van der Waals surface area contributed by atoms with Crippen molar-refractivity contribution in [2.75, 3.05) is 55.7 Å². The predicted octanol–water partition coefficient (Wildman–Crippen LogP) is 3.18. The molecule has 9 heteroatoms. The maximum absolute atomic E-state index is 13.2. The number of benzene rings is 2. The van der Waals surface area contributed by atoms with Gasteiger partial charge in [-0.15, -0.1) is 0 Å². The molecule has 0 atom stereocenters. The molecule has 2 aromatic rings. The van der Waals surface area contributed by atoms with Crippen LogP contribution in [0, 0.1) is 13.8 Å². The van der Waals surface area contributed by atoms with Crippen molar-refractivity contribution >= 4 is 33.1 Å². The minimum atomic E-state index is -3.70. The second kappa shape index (κ2) is 9.95. The highest BCUT2D eigenvalue weighted by atomic mass is 32.2. The molecule has 0 aromatic heterocycles. The number of rotatable bonds is 5. The summed E-state index contributed by atoms with van der Waals surface area (Å²) in [7, 11) is -3.70. The molecule has 36 heavy (non-hydrogen) atoms. The van der Waals surface area contributed by atoms with Gasteiger partial charge >= 0.3 is 5.91 Å². The van der Waals surface area contributed by atoms with Gasteiger partial charge in [-0.05, 0) is 62.1 Å². The number of aryl methyl sites for hydroxylation is 2. The number of hydrogen-bond donors (Lipinski definition) is 0. The van der Waals surface area contributed by atoms with E-state index in [1.54, 1.807) is 6.07 Å². The van der Waals surface area contributed by atoms with Crippen LogP contribution in [0.1, 0.15) is 47.2 Å². The van der Waals surface area contributed by atoms with E-state index in [4.69, 9.17) is 0 Å². The highest BCUT2D eigenvalue weighted by Crippen LogP contribution is 2.33. The Hall–Kier alpha value is -2.75. The van der Waals surface area contributed by atoms with Crippen LogP contribution in [-0.4, -0.2) is 75.3 Å². The van der Waals surface area contributed by atoms with E-state index in [0.29, 0.717) is 25.4 Å². The number of sulfonamides is 1. The van der Waals surface area contributed by atoms with Gasteiger partial charge in [-0.25, -0.2) is 8.42 Å². The van der Waals surface area contributed by atoms with Crippen molar-refractivity contribution < 1.29 is 18.0 Å². The van der Waals surface area contributed by atoms with E-state index in [1.165, 1.54) is 38.2 Å². The van der Waals surface area contributed by atoms with Gasteiger partial charge in [-0.3, -0.25) is 19.4 Å². The van der Waals surface area contributed by atoms with Gasteiger partial charge in [0.05, 0.1) is 22.8 Å². The molecule has 3 aliphatic heterocycles. The third-order valence-corrected chi connectivity index (χ3v) is 9.46. The molecule has 2 saturated heterocycles. The summed E-state index contributed by atoms with van der Waals surface area (Å²) >= 11 is 0. The van der Waals surface area contributed by atoms with Crippen LogP contribution >= 0.6 is 0 Å². The van der Waals surface area contributed by atoms with Crippen LogP contribution in [-0.2, 0) is 14.8 Å². The minimum Gasteiger partial charge on any atom is -0.369 e. The summed E-state index contributed by atoms with van der Waals surface area (Å²) in [6.07, 6.45) is 3.73. The number of ketones is 1. The first-order chi connectivity index (χ1) is 17.3. The molecule has 0 spiro atoms. The Labute approximate surface area is 213 Å². The molecule has 0 saturated carbocycles. The molecular formula is C27H34N4O4S. The minimum absolute atomic E-state index is 0.0910. The standard InChI is InChI=1S/C27H34N4O4S/c1-20-7-8-21(2)25(17-20)29-15-13-28(14-16-29)19-31-24-10-9-22(18-23(24)26(32)27(31)33)36(34,35)30-11-5-3-4-6-12-30/h7-10,17-18H,3-6,11-16,19H2,1-2H3. The van der Waals surface area contributed by atoms with Crippen molar-refractivity contribution in [2.24, 2.45) is 0 Å². The molecule has 2 fully saturated rings. The van der Waals surface area contributed by atoms with Crippen molar-refractivity contribution in [3.05, 3.63) is 53.1 Å². The maximum Gasteiger partial charge on any atom is 0.300 e. The van der Waals surface area contributed by atoms with Crippen molar-refractivity contribution in [1.82, 2.24) is 9.21 Å². The fourth-order valence-electron chi connectivity index (χ4n) is 5.40. The number of amides is 1. The highest BCUT2D eigenvalue weighted by molar-refractivity contribution is 7.89. The summed E-state index contributed by atoms with van der Waals surface area (Å²) in [6.45, 7) is 8.71. The summed E-state index contributed by atoms with van der Waals surface area (Å²) < 4.78 is 28.0. The van der Waals surface area contributed by atoms with Crippen LogP contribution in [0.25, 0.3) is 0 Å². The molecule has 0 bridgehead atoms. The van der Waals surface area contributed by atoms with Crippen LogP contribution in [0.15, 0.2) is 41.3 Å². The molecule has 3 heterocycles. The van der Waals surface area contributed by atoms with E-state index >= 15 is 0 Å². The lowest BCUT2D eigenvalue weighted by Gasteiger charge is -2.38. The lowest BCUT2D eigenvalue weighted by Crippen LogP contribution is -2.51. The molecule has 0 N–H and O–H groups in total. The molecule has 8 nitrogen and oxygen atoms in total. The Morgan fingerprint density at radius 3 is 2.17 bits per heavy atom. The summed E-state index contributed by atoms with van der Waals surface area (Å²) in [5, 5.41) is 0. The summed E-state index contributed by atoms with van der Waals surface area (Å²) in [6, 6.07) is 11.0. The lowest BCUT2D eigenvalue weighted by molar-refractivity contribution is -0.114. The van der Waals surface area contributed by atoms with Gasteiger partial charge in [0.1, 0.15) is 0 Å². The van der Waals surface area contributed by atoms with Gasteiger partial charge < -0.3 is 4.90 Å². The predicted molar refractivity (Wildman–Crippen MR) is 140 cm³/mol. The Bertz CT molecular complexity index is 1280. The van der Waals surface area contributed by atoms with Crippen molar-refractivity contribution in [2.45, 2.75) is 44.4 Å². The molecule has 0 unspecified atom stereocenters. The molecule has 3 aliphatic rings. The summed E-state index contributed by atoms with van der Waals surface area (Å²) in [5.41, 5.74) is 4.40. The maximum atomic E-state index is 13.2. The van der Waals surface area contributed by atoms with Crippen LogP contribution in [0.4, 0.5) is 11.4 Å². The fourth-order valence-corrected chi connectivity index (χ4v) is 6.95. The van der Waals surface area contributed by atoms with Crippen molar-refractivity contribution in [3.63, 3.8) is 0 Å².